The minimum absolute atomic E-state index is 0.0186. The van der Waals surface area contributed by atoms with Crippen LogP contribution in [-0.4, -0.2) is 63.0 Å². The smallest absolute Gasteiger partial charge is 0.415 e. The predicted octanol–water partition coefficient (Wildman–Crippen LogP) is 4.10. The van der Waals surface area contributed by atoms with E-state index in [2.05, 4.69) is 19.8 Å². The second-order valence-electron chi connectivity index (χ2n) is 9.63. The quantitative estimate of drug-likeness (QED) is 0.117. The SMILES string of the molecule is COc1ccc(-c2nc(C(=O)OCCOCCOc3no[n+]([O-])c3S(=O)(=O)c3ccccc3)cc3c2[nH]c2ccccc23)cc1. The van der Waals surface area contributed by atoms with Gasteiger partial charge in [-0.3, -0.25) is 4.63 Å². The molecule has 0 radical (unpaired) electrons. The fourth-order valence-electron chi connectivity index (χ4n) is 4.72. The molecule has 0 bridgehead atoms. The molecule has 0 aliphatic carbocycles. The summed E-state index contributed by atoms with van der Waals surface area (Å²) in [5, 5.41) is 16.4. The topological polar surface area (TPSA) is 170 Å². The van der Waals surface area contributed by atoms with Crippen LogP contribution >= 0.6 is 0 Å². The van der Waals surface area contributed by atoms with Gasteiger partial charge in [0.05, 0.1) is 41.6 Å². The summed E-state index contributed by atoms with van der Waals surface area (Å²) >= 11 is 0. The van der Waals surface area contributed by atoms with E-state index in [0.717, 1.165) is 27.4 Å². The molecule has 13 nitrogen and oxygen atoms in total. The van der Waals surface area contributed by atoms with Crippen LogP contribution in [0, 0.1) is 5.21 Å². The first-order chi connectivity index (χ1) is 21.9. The number of ether oxygens (including phenoxy) is 4. The van der Waals surface area contributed by atoms with E-state index in [1.165, 1.54) is 24.3 Å². The molecule has 45 heavy (non-hydrogen) atoms. The summed E-state index contributed by atoms with van der Waals surface area (Å²) in [6.07, 6.45) is 0. The van der Waals surface area contributed by atoms with E-state index in [0.29, 0.717) is 11.4 Å². The largest absolute Gasteiger partial charge is 0.497 e. The number of para-hydroxylation sites is 1. The van der Waals surface area contributed by atoms with E-state index in [1.54, 1.807) is 19.2 Å². The Morgan fingerprint density at radius 1 is 0.933 bits per heavy atom. The lowest BCUT2D eigenvalue weighted by atomic mass is 10.1. The van der Waals surface area contributed by atoms with Gasteiger partial charge in [0, 0.05) is 21.9 Å². The van der Waals surface area contributed by atoms with E-state index in [-0.39, 0.29) is 41.9 Å². The third kappa shape index (κ3) is 6.01. The van der Waals surface area contributed by atoms with Gasteiger partial charge in [0.2, 0.25) is 0 Å². The molecular weight excluding hydrogens is 604 g/mol. The van der Waals surface area contributed by atoms with Crippen LogP contribution in [0.2, 0.25) is 0 Å². The van der Waals surface area contributed by atoms with Gasteiger partial charge in [-0.15, -0.1) is 0 Å². The summed E-state index contributed by atoms with van der Waals surface area (Å²) < 4.78 is 51.6. The van der Waals surface area contributed by atoms with E-state index in [1.807, 2.05) is 48.5 Å². The van der Waals surface area contributed by atoms with E-state index in [4.69, 9.17) is 18.9 Å². The van der Waals surface area contributed by atoms with Crippen LogP contribution in [-0.2, 0) is 19.3 Å². The van der Waals surface area contributed by atoms with Crippen molar-refractivity contribution in [2.24, 2.45) is 0 Å². The van der Waals surface area contributed by atoms with Gasteiger partial charge in [-0.25, -0.2) is 18.2 Å². The molecule has 0 unspecified atom stereocenters. The van der Waals surface area contributed by atoms with Crippen molar-refractivity contribution in [3.8, 4) is 22.9 Å². The molecule has 14 heteroatoms. The summed E-state index contributed by atoms with van der Waals surface area (Å²) in [5.41, 5.74) is 3.21. The van der Waals surface area contributed by atoms with Gasteiger partial charge in [0.25, 0.3) is 9.84 Å². The first-order valence-corrected chi connectivity index (χ1v) is 15.2. The summed E-state index contributed by atoms with van der Waals surface area (Å²) in [6, 6.07) is 24.2. The van der Waals surface area contributed by atoms with Crippen molar-refractivity contribution in [1.82, 2.24) is 15.1 Å². The Kier molecular flexibility index (Phi) is 8.31. The third-order valence-corrected chi connectivity index (χ3v) is 8.58. The predicted molar refractivity (Wildman–Crippen MR) is 160 cm³/mol. The molecule has 1 N–H and O–H groups in total. The maximum absolute atomic E-state index is 13.1. The Morgan fingerprint density at radius 2 is 1.67 bits per heavy atom. The first kappa shape index (κ1) is 29.6. The number of carbonyl (C=O) groups excluding carboxylic acids is 1. The number of nitrogens with one attached hydrogen (secondary N) is 1. The van der Waals surface area contributed by atoms with Crippen molar-refractivity contribution in [2.75, 3.05) is 33.5 Å². The summed E-state index contributed by atoms with van der Waals surface area (Å²) in [5.74, 6) is -0.425. The second kappa shape index (κ2) is 12.6. The number of benzene rings is 3. The minimum Gasteiger partial charge on any atom is -0.497 e. The molecule has 3 aromatic heterocycles. The Balaban J connectivity index is 1.08. The molecule has 0 aliphatic rings. The number of methoxy groups -OCH3 is 1. The summed E-state index contributed by atoms with van der Waals surface area (Å²) in [7, 11) is -2.64. The van der Waals surface area contributed by atoms with Crippen molar-refractivity contribution in [1.29, 1.82) is 0 Å². The molecule has 0 atom stereocenters. The number of pyridine rings is 1. The van der Waals surface area contributed by atoms with Crippen LogP contribution in [0.15, 0.2) is 99.5 Å². The Morgan fingerprint density at radius 3 is 2.44 bits per heavy atom. The van der Waals surface area contributed by atoms with Crippen LogP contribution in [0.4, 0.5) is 0 Å². The number of rotatable bonds is 12. The lowest BCUT2D eigenvalue weighted by Crippen LogP contribution is -2.31. The molecule has 230 valence electrons. The second-order valence-corrected chi connectivity index (χ2v) is 11.5. The number of carbonyl (C=O) groups is 1. The fraction of sp³-hybridized carbons (Fsp3) is 0.161. The number of aromatic amines is 1. The number of hydrogen-bond acceptors (Lipinski definition) is 11. The molecule has 0 saturated carbocycles. The van der Waals surface area contributed by atoms with Crippen molar-refractivity contribution < 1.29 is 41.7 Å². The average molecular weight is 631 g/mol. The fourth-order valence-corrected chi connectivity index (χ4v) is 6.01. The van der Waals surface area contributed by atoms with Crippen molar-refractivity contribution in [2.45, 2.75) is 9.92 Å². The number of nitrogens with zero attached hydrogens (tertiary/aromatic N) is 3. The number of esters is 1. The highest BCUT2D eigenvalue weighted by atomic mass is 32.2. The molecule has 3 heterocycles. The molecule has 3 aromatic carbocycles. The van der Waals surface area contributed by atoms with E-state index in [9.17, 15) is 18.4 Å². The monoisotopic (exact) mass is 630 g/mol. The van der Waals surface area contributed by atoms with Crippen LogP contribution in [0.25, 0.3) is 33.1 Å². The van der Waals surface area contributed by atoms with Crippen LogP contribution in [0.3, 0.4) is 0 Å². The maximum atomic E-state index is 13.1. The third-order valence-electron chi connectivity index (χ3n) is 6.85. The lowest BCUT2D eigenvalue weighted by Gasteiger charge is -2.09. The van der Waals surface area contributed by atoms with Gasteiger partial charge in [-0.1, -0.05) is 36.4 Å². The van der Waals surface area contributed by atoms with Gasteiger partial charge in [0.1, 0.15) is 24.7 Å². The zero-order chi connectivity index (χ0) is 31.4. The van der Waals surface area contributed by atoms with Gasteiger partial charge in [-0.05, 0) is 53.4 Å². The molecule has 0 fully saturated rings. The van der Waals surface area contributed by atoms with Crippen molar-refractivity contribution in [3.05, 3.63) is 95.8 Å². The Labute approximate surface area is 256 Å². The number of sulfone groups is 1. The Bertz CT molecular complexity index is 2080. The zero-order valence-electron chi connectivity index (χ0n) is 23.8. The number of hydrogen-bond donors (Lipinski definition) is 1. The lowest BCUT2D eigenvalue weighted by molar-refractivity contribution is -0.832. The van der Waals surface area contributed by atoms with Gasteiger partial charge in [0.15, 0.2) is 0 Å². The number of aromatic nitrogens is 4. The van der Waals surface area contributed by atoms with E-state index >= 15 is 0 Å². The first-order valence-electron chi connectivity index (χ1n) is 13.7. The standard InChI is InChI=1S/C31H26N4O9S/c1-40-21-13-11-20(12-14-21)27-28-24(23-9-5-6-10-25(23)32-28)19-26(33-27)31(36)43-18-16-41-15-17-42-29-30(35(37)44-34-29)45(38,39)22-7-3-2-4-8-22/h2-14,19,32H,15-18H2,1H3. The molecular formula is C31H26N4O9S. The number of H-pyrrole nitrogens is 1. The van der Waals surface area contributed by atoms with Gasteiger partial charge >= 0.3 is 16.9 Å². The summed E-state index contributed by atoms with van der Waals surface area (Å²) in [4.78, 5) is 20.8. The van der Waals surface area contributed by atoms with Crippen LogP contribution in [0.5, 0.6) is 11.6 Å². The van der Waals surface area contributed by atoms with E-state index < -0.39 is 26.7 Å². The molecule has 0 saturated heterocycles. The van der Waals surface area contributed by atoms with Gasteiger partial charge < -0.3 is 29.1 Å². The highest BCUT2D eigenvalue weighted by molar-refractivity contribution is 7.91. The Hall–Kier alpha value is -5.47. The highest BCUT2D eigenvalue weighted by Crippen LogP contribution is 2.33. The molecule has 0 aliphatic heterocycles. The zero-order valence-corrected chi connectivity index (χ0v) is 24.7. The highest BCUT2D eigenvalue weighted by Gasteiger charge is 2.35. The maximum Gasteiger partial charge on any atom is 0.415 e. The van der Waals surface area contributed by atoms with Crippen LogP contribution in [0.1, 0.15) is 10.5 Å². The number of fused-ring (bicyclic) bond motifs is 3. The molecule has 6 aromatic rings. The molecule has 0 amide bonds. The average Bonchev–Trinajstić information content (AvgIpc) is 3.64. The van der Waals surface area contributed by atoms with Crippen molar-refractivity contribution in [3.63, 3.8) is 0 Å². The van der Waals surface area contributed by atoms with Crippen molar-refractivity contribution >= 4 is 37.6 Å². The normalized spacial score (nSPS) is 11.6. The minimum atomic E-state index is -4.23. The van der Waals surface area contributed by atoms with Crippen LogP contribution < -0.4 is 14.4 Å². The summed E-state index contributed by atoms with van der Waals surface area (Å²) in [6.45, 7) is -0.231. The van der Waals surface area contributed by atoms with Gasteiger partial charge in [-0.2, -0.15) is 0 Å². The molecule has 6 rings (SSSR count). The molecule has 0 spiro atoms.